The molecule has 0 aliphatic carbocycles. The summed E-state index contributed by atoms with van der Waals surface area (Å²) in [6.07, 6.45) is 4.90. The average molecular weight is 225 g/mol. The minimum Gasteiger partial charge on any atom is -0.312 e. The maximum atomic E-state index is 4.55. The molecule has 0 amide bonds. The van der Waals surface area contributed by atoms with E-state index in [1.807, 2.05) is 25.4 Å². The first-order valence-electron chi connectivity index (χ1n) is 5.94. The number of nitrogens with one attached hydrogen (secondary N) is 1. The summed E-state index contributed by atoms with van der Waals surface area (Å²) >= 11 is 0. The van der Waals surface area contributed by atoms with Crippen molar-refractivity contribution in [2.45, 2.75) is 19.9 Å². The topological polar surface area (TPSA) is 37.8 Å². The highest BCUT2D eigenvalue weighted by Gasteiger charge is 2.10. The largest absolute Gasteiger partial charge is 0.312 e. The number of rotatable bonds is 1. The lowest BCUT2D eigenvalue weighted by molar-refractivity contribution is 0.630. The summed E-state index contributed by atoms with van der Waals surface area (Å²) in [4.78, 5) is 8.87. The first-order valence-corrected chi connectivity index (χ1v) is 5.94. The molecule has 0 radical (unpaired) electrons. The Morgan fingerprint density at radius 1 is 1.12 bits per heavy atom. The number of hydrogen-bond donors (Lipinski definition) is 1. The Labute approximate surface area is 101 Å². The molecule has 1 aliphatic rings. The molecule has 2 aromatic heterocycles. The fourth-order valence-corrected chi connectivity index (χ4v) is 2.14. The van der Waals surface area contributed by atoms with Crippen molar-refractivity contribution in [2.24, 2.45) is 0 Å². The van der Waals surface area contributed by atoms with Gasteiger partial charge in [-0.05, 0) is 24.6 Å². The Kier molecular flexibility index (Phi) is 2.61. The maximum Gasteiger partial charge on any atom is 0.0461 e. The van der Waals surface area contributed by atoms with Gasteiger partial charge < -0.3 is 5.32 Å². The third kappa shape index (κ3) is 2.06. The van der Waals surface area contributed by atoms with E-state index in [4.69, 9.17) is 0 Å². The highest BCUT2D eigenvalue weighted by atomic mass is 14.9. The highest BCUT2D eigenvalue weighted by Crippen LogP contribution is 2.21. The summed E-state index contributed by atoms with van der Waals surface area (Å²) in [5.41, 5.74) is 5.87. The molecule has 0 unspecified atom stereocenters. The minimum absolute atomic E-state index is 0.926. The number of aryl methyl sites for hydroxylation is 1. The van der Waals surface area contributed by atoms with E-state index in [0.717, 1.165) is 36.3 Å². The van der Waals surface area contributed by atoms with E-state index in [0.29, 0.717) is 0 Å². The van der Waals surface area contributed by atoms with Gasteiger partial charge in [0.25, 0.3) is 0 Å². The van der Waals surface area contributed by atoms with E-state index in [-0.39, 0.29) is 0 Å². The van der Waals surface area contributed by atoms with Gasteiger partial charge >= 0.3 is 0 Å². The summed E-state index contributed by atoms with van der Waals surface area (Å²) in [5, 5.41) is 3.37. The van der Waals surface area contributed by atoms with E-state index in [1.54, 1.807) is 0 Å². The third-order valence-electron chi connectivity index (χ3n) is 3.16. The Morgan fingerprint density at radius 2 is 2.00 bits per heavy atom. The van der Waals surface area contributed by atoms with Gasteiger partial charge in [-0.25, -0.2) is 0 Å². The molecule has 3 heteroatoms. The number of pyridine rings is 2. The smallest absolute Gasteiger partial charge is 0.0461 e. The Morgan fingerprint density at radius 3 is 2.82 bits per heavy atom. The SMILES string of the molecule is Cc1ccc(-c2cnc3c(c2)CNCC3)cn1. The van der Waals surface area contributed by atoms with Gasteiger partial charge in [0.05, 0.1) is 0 Å². The molecule has 1 N–H and O–H groups in total. The molecule has 0 aromatic carbocycles. The van der Waals surface area contributed by atoms with Gasteiger partial charge in [-0.3, -0.25) is 9.97 Å². The molecule has 0 atom stereocenters. The van der Waals surface area contributed by atoms with Gasteiger partial charge in [-0.1, -0.05) is 6.07 Å². The van der Waals surface area contributed by atoms with Crippen molar-refractivity contribution in [3.63, 3.8) is 0 Å². The van der Waals surface area contributed by atoms with Gasteiger partial charge in [0.2, 0.25) is 0 Å². The molecule has 3 nitrogen and oxygen atoms in total. The van der Waals surface area contributed by atoms with Crippen LogP contribution < -0.4 is 5.32 Å². The van der Waals surface area contributed by atoms with Crippen LogP contribution in [0.2, 0.25) is 0 Å². The van der Waals surface area contributed by atoms with Crippen molar-refractivity contribution >= 4 is 0 Å². The average Bonchev–Trinajstić information content (AvgIpc) is 2.39. The van der Waals surface area contributed by atoms with E-state index in [1.165, 1.54) is 11.3 Å². The van der Waals surface area contributed by atoms with E-state index < -0.39 is 0 Å². The van der Waals surface area contributed by atoms with Crippen molar-refractivity contribution in [1.29, 1.82) is 0 Å². The van der Waals surface area contributed by atoms with Gasteiger partial charge in [0.1, 0.15) is 0 Å². The second kappa shape index (κ2) is 4.26. The van der Waals surface area contributed by atoms with Crippen molar-refractivity contribution < 1.29 is 0 Å². The fourth-order valence-electron chi connectivity index (χ4n) is 2.14. The van der Waals surface area contributed by atoms with Crippen molar-refractivity contribution in [1.82, 2.24) is 15.3 Å². The van der Waals surface area contributed by atoms with Crippen LogP contribution in [-0.2, 0) is 13.0 Å². The molecule has 0 saturated carbocycles. The lowest BCUT2D eigenvalue weighted by atomic mass is 10.0. The minimum atomic E-state index is 0.926. The number of fused-ring (bicyclic) bond motifs is 1. The second-order valence-corrected chi connectivity index (χ2v) is 4.44. The summed E-state index contributed by atoms with van der Waals surface area (Å²) in [6.45, 7) is 3.96. The van der Waals surface area contributed by atoms with Crippen LogP contribution in [0, 0.1) is 6.92 Å². The molecule has 0 spiro atoms. The molecule has 1 aliphatic heterocycles. The van der Waals surface area contributed by atoms with Crippen LogP contribution in [-0.4, -0.2) is 16.5 Å². The lowest BCUT2D eigenvalue weighted by Gasteiger charge is -2.16. The van der Waals surface area contributed by atoms with E-state index in [9.17, 15) is 0 Å². The maximum absolute atomic E-state index is 4.55. The monoisotopic (exact) mass is 225 g/mol. The van der Waals surface area contributed by atoms with Crippen LogP contribution in [0.4, 0.5) is 0 Å². The zero-order chi connectivity index (χ0) is 11.7. The third-order valence-corrected chi connectivity index (χ3v) is 3.16. The van der Waals surface area contributed by atoms with Gasteiger partial charge in [-0.2, -0.15) is 0 Å². The molecular weight excluding hydrogens is 210 g/mol. The molecule has 17 heavy (non-hydrogen) atoms. The van der Waals surface area contributed by atoms with Crippen LogP contribution >= 0.6 is 0 Å². The standard InChI is InChI=1S/C14H15N3/c1-10-2-3-11(8-16-10)12-6-13-7-15-5-4-14(13)17-9-12/h2-3,6,8-9,15H,4-5,7H2,1H3. The first kappa shape index (κ1) is 10.4. The molecule has 2 aromatic rings. The van der Waals surface area contributed by atoms with Gasteiger partial charge in [0, 0.05) is 54.4 Å². The van der Waals surface area contributed by atoms with Crippen LogP contribution in [0.15, 0.2) is 30.6 Å². The Bertz CT molecular complexity index is 532. The normalized spacial score (nSPS) is 14.4. The van der Waals surface area contributed by atoms with Crippen LogP contribution in [0.25, 0.3) is 11.1 Å². The Balaban J connectivity index is 2.01. The molecule has 0 fully saturated rings. The molecule has 3 heterocycles. The predicted molar refractivity (Wildman–Crippen MR) is 67.6 cm³/mol. The van der Waals surface area contributed by atoms with Crippen LogP contribution in [0.5, 0.6) is 0 Å². The molecule has 86 valence electrons. The van der Waals surface area contributed by atoms with Crippen LogP contribution in [0.1, 0.15) is 17.0 Å². The van der Waals surface area contributed by atoms with Crippen molar-refractivity contribution in [3.05, 3.63) is 47.5 Å². The quantitative estimate of drug-likeness (QED) is 0.807. The number of nitrogens with zero attached hydrogens (tertiary/aromatic N) is 2. The first-order chi connectivity index (χ1) is 8.33. The van der Waals surface area contributed by atoms with Gasteiger partial charge in [0.15, 0.2) is 0 Å². The summed E-state index contributed by atoms with van der Waals surface area (Å²) in [6, 6.07) is 6.36. The molecular formula is C14H15N3. The zero-order valence-corrected chi connectivity index (χ0v) is 9.90. The van der Waals surface area contributed by atoms with Crippen molar-refractivity contribution in [3.8, 4) is 11.1 Å². The molecule has 0 bridgehead atoms. The molecule has 3 rings (SSSR count). The van der Waals surface area contributed by atoms with Crippen molar-refractivity contribution in [2.75, 3.05) is 6.54 Å². The zero-order valence-electron chi connectivity index (χ0n) is 9.90. The summed E-state index contributed by atoms with van der Waals surface area (Å²) in [7, 11) is 0. The predicted octanol–water partition coefficient (Wildman–Crippen LogP) is 2.10. The highest BCUT2D eigenvalue weighted by molar-refractivity contribution is 5.62. The summed E-state index contributed by atoms with van der Waals surface area (Å²) < 4.78 is 0. The second-order valence-electron chi connectivity index (χ2n) is 4.44. The lowest BCUT2D eigenvalue weighted by Crippen LogP contribution is -2.24. The van der Waals surface area contributed by atoms with E-state index >= 15 is 0 Å². The van der Waals surface area contributed by atoms with Crippen LogP contribution in [0.3, 0.4) is 0 Å². The van der Waals surface area contributed by atoms with Gasteiger partial charge in [-0.15, -0.1) is 0 Å². The van der Waals surface area contributed by atoms with E-state index in [2.05, 4.69) is 27.4 Å². The Hall–Kier alpha value is -1.74. The molecule has 0 saturated heterocycles. The number of aromatic nitrogens is 2. The number of hydrogen-bond acceptors (Lipinski definition) is 3. The fraction of sp³-hybridized carbons (Fsp3) is 0.286. The summed E-state index contributed by atoms with van der Waals surface area (Å²) in [5.74, 6) is 0.